The number of carbonyl (C=O) groups is 1. The lowest BCUT2D eigenvalue weighted by Gasteiger charge is -2.34. The number of carbonyl (C=O) groups excluding carboxylic acids is 1. The van der Waals surface area contributed by atoms with Gasteiger partial charge in [-0.25, -0.2) is 0 Å². The number of benzene rings is 1. The Bertz CT molecular complexity index is 510. The van der Waals surface area contributed by atoms with Crippen LogP contribution in [0.1, 0.15) is 6.92 Å². The molecule has 1 aromatic carbocycles. The van der Waals surface area contributed by atoms with Crippen LogP contribution < -0.4 is 5.32 Å². The minimum atomic E-state index is -0.0172. The van der Waals surface area contributed by atoms with Gasteiger partial charge in [0.05, 0.1) is 17.3 Å². The van der Waals surface area contributed by atoms with Crippen molar-refractivity contribution in [1.82, 2.24) is 9.80 Å². The van der Waals surface area contributed by atoms with Crippen molar-refractivity contribution in [2.45, 2.75) is 6.92 Å². The second kappa shape index (κ2) is 7.59. The number of nitrogens with one attached hydrogen (secondary N) is 1. The van der Waals surface area contributed by atoms with Gasteiger partial charge in [0.15, 0.2) is 0 Å². The standard InChI is InChI=1S/C16H22ClN3O/c1-13(2)11-19-7-9-20(10-8-19)12-16(21)18-15-6-4-3-5-14(15)17/h3-6H,1,7-12H2,2H3,(H,18,21). The van der Waals surface area contributed by atoms with E-state index in [4.69, 9.17) is 11.6 Å². The van der Waals surface area contributed by atoms with Gasteiger partial charge in [-0.15, -0.1) is 0 Å². The zero-order chi connectivity index (χ0) is 15.2. The monoisotopic (exact) mass is 307 g/mol. The van der Waals surface area contributed by atoms with Crippen LogP contribution in [0.15, 0.2) is 36.4 Å². The van der Waals surface area contributed by atoms with Crippen LogP contribution in [-0.4, -0.2) is 55.0 Å². The van der Waals surface area contributed by atoms with E-state index in [1.165, 1.54) is 5.57 Å². The fourth-order valence-corrected chi connectivity index (χ4v) is 2.63. The molecule has 0 aliphatic carbocycles. The average molecular weight is 308 g/mol. The Morgan fingerprint density at radius 2 is 1.76 bits per heavy atom. The van der Waals surface area contributed by atoms with Crippen LogP contribution in [0.25, 0.3) is 0 Å². The van der Waals surface area contributed by atoms with Crippen LogP contribution in [0.4, 0.5) is 5.69 Å². The quantitative estimate of drug-likeness (QED) is 0.849. The van der Waals surface area contributed by atoms with E-state index in [9.17, 15) is 4.79 Å². The fraction of sp³-hybridized carbons (Fsp3) is 0.438. The van der Waals surface area contributed by atoms with Crippen LogP contribution in [0, 0.1) is 0 Å². The molecule has 1 amide bonds. The summed E-state index contributed by atoms with van der Waals surface area (Å²) < 4.78 is 0. The SMILES string of the molecule is C=C(C)CN1CCN(CC(=O)Nc2ccccc2Cl)CC1. The van der Waals surface area contributed by atoms with Crippen molar-refractivity contribution in [3.05, 3.63) is 41.4 Å². The zero-order valence-electron chi connectivity index (χ0n) is 12.4. The van der Waals surface area contributed by atoms with Crippen LogP contribution in [0.3, 0.4) is 0 Å². The topological polar surface area (TPSA) is 35.6 Å². The predicted octanol–water partition coefficient (Wildman–Crippen LogP) is 2.47. The molecule has 0 unspecified atom stereocenters. The maximum atomic E-state index is 12.1. The summed E-state index contributed by atoms with van der Waals surface area (Å²) in [5.41, 5.74) is 1.85. The van der Waals surface area contributed by atoms with Gasteiger partial charge in [0.25, 0.3) is 0 Å². The molecule has 0 atom stereocenters. The molecular weight excluding hydrogens is 286 g/mol. The third kappa shape index (κ3) is 5.16. The molecule has 1 saturated heterocycles. The Labute approximate surface area is 131 Å². The molecule has 5 heteroatoms. The van der Waals surface area contributed by atoms with E-state index in [0.717, 1.165) is 32.7 Å². The highest BCUT2D eigenvalue weighted by atomic mass is 35.5. The molecular formula is C16H22ClN3O. The fourth-order valence-electron chi connectivity index (χ4n) is 2.44. The second-order valence-electron chi connectivity index (χ2n) is 5.54. The van der Waals surface area contributed by atoms with E-state index in [1.54, 1.807) is 6.07 Å². The number of halogens is 1. The highest BCUT2D eigenvalue weighted by Crippen LogP contribution is 2.20. The number of para-hydroxylation sites is 1. The zero-order valence-corrected chi connectivity index (χ0v) is 13.2. The molecule has 0 spiro atoms. The van der Waals surface area contributed by atoms with Gasteiger partial charge in [0.1, 0.15) is 0 Å². The molecule has 2 rings (SSSR count). The number of hydrogen-bond acceptors (Lipinski definition) is 3. The highest BCUT2D eigenvalue weighted by molar-refractivity contribution is 6.33. The van der Waals surface area contributed by atoms with Gasteiger partial charge in [0.2, 0.25) is 5.91 Å². The Morgan fingerprint density at radius 3 is 2.33 bits per heavy atom. The van der Waals surface area contributed by atoms with Crippen molar-refractivity contribution in [2.75, 3.05) is 44.6 Å². The van der Waals surface area contributed by atoms with Crippen molar-refractivity contribution < 1.29 is 4.79 Å². The number of anilines is 1. The maximum absolute atomic E-state index is 12.1. The van der Waals surface area contributed by atoms with Crippen LogP contribution >= 0.6 is 11.6 Å². The van der Waals surface area contributed by atoms with Crippen molar-refractivity contribution >= 4 is 23.2 Å². The lowest BCUT2D eigenvalue weighted by molar-refractivity contribution is -0.117. The molecule has 4 nitrogen and oxygen atoms in total. The molecule has 1 aromatic rings. The molecule has 0 saturated carbocycles. The molecule has 1 aliphatic rings. The van der Waals surface area contributed by atoms with E-state index in [1.807, 2.05) is 25.1 Å². The second-order valence-corrected chi connectivity index (χ2v) is 5.94. The average Bonchev–Trinajstić information content (AvgIpc) is 2.43. The van der Waals surface area contributed by atoms with Gasteiger partial charge in [-0.2, -0.15) is 0 Å². The molecule has 1 N–H and O–H groups in total. The van der Waals surface area contributed by atoms with E-state index >= 15 is 0 Å². The lowest BCUT2D eigenvalue weighted by Crippen LogP contribution is -2.48. The van der Waals surface area contributed by atoms with E-state index in [0.29, 0.717) is 17.3 Å². The Hall–Kier alpha value is -1.36. The molecule has 1 aliphatic heterocycles. The van der Waals surface area contributed by atoms with Crippen LogP contribution in [0.2, 0.25) is 5.02 Å². The summed E-state index contributed by atoms with van der Waals surface area (Å²) in [6.45, 7) is 11.1. The maximum Gasteiger partial charge on any atom is 0.238 e. The minimum Gasteiger partial charge on any atom is -0.324 e. The summed E-state index contributed by atoms with van der Waals surface area (Å²) in [6.07, 6.45) is 0. The normalized spacial score (nSPS) is 16.7. The molecule has 0 bridgehead atoms. The van der Waals surface area contributed by atoms with E-state index in [-0.39, 0.29) is 5.91 Å². The minimum absolute atomic E-state index is 0.0172. The first-order valence-electron chi connectivity index (χ1n) is 7.18. The summed E-state index contributed by atoms with van der Waals surface area (Å²) in [4.78, 5) is 16.6. The highest BCUT2D eigenvalue weighted by Gasteiger charge is 2.19. The predicted molar refractivity (Wildman–Crippen MR) is 87.8 cm³/mol. The molecule has 21 heavy (non-hydrogen) atoms. The number of nitrogens with zero attached hydrogens (tertiary/aromatic N) is 2. The molecule has 0 aromatic heterocycles. The van der Waals surface area contributed by atoms with Crippen molar-refractivity contribution in [2.24, 2.45) is 0 Å². The number of hydrogen-bond donors (Lipinski definition) is 1. The van der Waals surface area contributed by atoms with Gasteiger partial charge in [-0.1, -0.05) is 35.9 Å². The van der Waals surface area contributed by atoms with Gasteiger partial charge in [-0.3, -0.25) is 14.6 Å². The van der Waals surface area contributed by atoms with Gasteiger partial charge in [-0.05, 0) is 19.1 Å². The Balaban J connectivity index is 1.77. The summed E-state index contributed by atoms with van der Waals surface area (Å²) in [7, 11) is 0. The molecule has 1 fully saturated rings. The first kappa shape index (κ1) is 16.0. The smallest absolute Gasteiger partial charge is 0.238 e. The Morgan fingerprint density at radius 1 is 1.19 bits per heavy atom. The third-order valence-corrected chi connectivity index (χ3v) is 3.80. The Kier molecular flexibility index (Phi) is 5.79. The van der Waals surface area contributed by atoms with Gasteiger partial charge < -0.3 is 5.32 Å². The third-order valence-electron chi connectivity index (χ3n) is 3.47. The summed E-state index contributed by atoms with van der Waals surface area (Å²) in [6, 6.07) is 7.29. The largest absolute Gasteiger partial charge is 0.324 e. The molecule has 1 heterocycles. The van der Waals surface area contributed by atoms with Crippen molar-refractivity contribution in [3.63, 3.8) is 0 Å². The summed E-state index contributed by atoms with van der Waals surface area (Å²) in [5, 5.41) is 3.43. The van der Waals surface area contributed by atoms with E-state index < -0.39 is 0 Å². The molecule has 0 radical (unpaired) electrons. The van der Waals surface area contributed by atoms with Crippen LogP contribution in [0.5, 0.6) is 0 Å². The first-order chi connectivity index (χ1) is 10.0. The molecule has 114 valence electrons. The summed E-state index contributed by atoms with van der Waals surface area (Å²) >= 11 is 6.04. The number of rotatable bonds is 5. The van der Waals surface area contributed by atoms with Crippen molar-refractivity contribution in [1.29, 1.82) is 0 Å². The first-order valence-corrected chi connectivity index (χ1v) is 7.56. The number of piperazine rings is 1. The van der Waals surface area contributed by atoms with Gasteiger partial charge >= 0.3 is 0 Å². The van der Waals surface area contributed by atoms with Crippen molar-refractivity contribution in [3.8, 4) is 0 Å². The summed E-state index contributed by atoms with van der Waals surface area (Å²) in [5.74, 6) is -0.0172. The van der Waals surface area contributed by atoms with E-state index in [2.05, 4.69) is 21.7 Å². The number of amides is 1. The van der Waals surface area contributed by atoms with Crippen LogP contribution in [-0.2, 0) is 4.79 Å². The van der Waals surface area contributed by atoms with Gasteiger partial charge in [0, 0.05) is 32.7 Å². The lowest BCUT2D eigenvalue weighted by atomic mass is 10.2.